The van der Waals surface area contributed by atoms with Crippen molar-refractivity contribution in [2.75, 3.05) is 13.1 Å². The first-order chi connectivity index (χ1) is 8.77. The van der Waals surface area contributed by atoms with Crippen LogP contribution in [0.3, 0.4) is 0 Å². The second kappa shape index (κ2) is 6.34. The highest BCUT2D eigenvalue weighted by atomic mass is 32.1. The summed E-state index contributed by atoms with van der Waals surface area (Å²) >= 11 is 1.75. The largest absolute Gasteiger partial charge is 0.335 e. The molecule has 2 unspecified atom stereocenters. The smallest absolute Gasteiger partial charge is 0.227 e. The summed E-state index contributed by atoms with van der Waals surface area (Å²) < 4.78 is 0. The van der Waals surface area contributed by atoms with E-state index in [0.717, 1.165) is 32.2 Å². The standard InChI is InChI=1S/C14H22N2OS/c1-2-5-11(10-15)14(17)16-8-3-6-12(16)13-7-4-9-18-13/h4,7,9,11-12H,2-3,5-6,8,10,15H2,1H3. The van der Waals surface area contributed by atoms with Crippen molar-refractivity contribution in [1.82, 2.24) is 4.90 Å². The molecule has 0 aliphatic carbocycles. The van der Waals surface area contributed by atoms with Crippen molar-refractivity contribution < 1.29 is 4.79 Å². The molecule has 1 fully saturated rings. The number of likely N-dealkylation sites (tertiary alicyclic amines) is 1. The van der Waals surface area contributed by atoms with Gasteiger partial charge in [-0.25, -0.2) is 0 Å². The predicted molar refractivity (Wildman–Crippen MR) is 75.5 cm³/mol. The van der Waals surface area contributed by atoms with E-state index in [-0.39, 0.29) is 11.8 Å². The monoisotopic (exact) mass is 266 g/mol. The Bertz CT molecular complexity index is 377. The maximum absolute atomic E-state index is 12.5. The fourth-order valence-electron chi connectivity index (χ4n) is 2.73. The van der Waals surface area contributed by atoms with Gasteiger partial charge in [-0.1, -0.05) is 19.4 Å². The minimum Gasteiger partial charge on any atom is -0.335 e. The van der Waals surface area contributed by atoms with Crippen molar-refractivity contribution in [3.8, 4) is 0 Å². The lowest BCUT2D eigenvalue weighted by Gasteiger charge is -2.27. The number of amides is 1. The highest BCUT2D eigenvalue weighted by molar-refractivity contribution is 7.10. The Morgan fingerprint density at radius 3 is 3.11 bits per heavy atom. The molecule has 1 saturated heterocycles. The van der Waals surface area contributed by atoms with Crippen LogP contribution in [0.2, 0.25) is 0 Å². The Hall–Kier alpha value is -0.870. The van der Waals surface area contributed by atoms with Crippen LogP contribution in [0, 0.1) is 5.92 Å². The average Bonchev–Trinajstić information content (AvgIpc) is 3.03. The van der Waals surface area contributed by atoms with E-state index in [0.29, 0.717) is 12.6 Å². The molecule has 2 heterocycles. The van der Waals surface area contributed by atoms with Gasteiger partial charge < -0.3 is 10.6 Å². The van der Waals surface area contributed by atoms with Gasteiger partial charge in [-0.3, -0.25) is 4.79 Å². The van der Waals surface area contributed by atoms with Gasteiger partial charge in [-0.15, -0.1) is 11.3 Å². The SMILES string of the molecule is CCCC(CN)C(=O)N1CCCC1c1cccs1. The number of carbonyl (C=O) groups excluding carboxylic acids is 1. The topological polar surface area (TPSA) is 46.3 Å². The number of hydrogen-bond donors (Lipinski definition) is 1. The molecule has 2 N–H and O–H groups in total. The summed E-state index contributed by atoms with van der Waals surface area (Å²) in [5.41, 5.74) is 5.75. The molecule has 2 rings (SSSR count). The van der Waals surface area contributed by atoms with E-state index in [1.807, 2.05) is 0 Å². The van der Waals surface area contributed by atoms with E-state index in [9.17, 15) is 4.79 Å². The summed E-state index contributed by atoms with van der Waals surface area (Å²) in [6.45, 7) is 3.47. The third-order valence-corrected chi connectivity index (χ3v) is 4.65. The van der Waals surface area contributed by atoms with Crippen LogP contribution in [0.5, 0.6) is 0 Å². The van der Waals surface area contributed by atoms with E-state index in [4.69, 9.17) is 5.73 Å². The number of thiophene rings is 1. The van der Waals surface area contributed by atoms with E-state index in [2.05, 4.69) is 29.3 Å². The van der Waals surface area contributed by atoms with Gasteiger partial charge in [0.1, 0.15) is 0 Å². The average molecular weight is 266 g/mol. The maximum atomic E-state index is 12.5. The van der Waals surface area contributed by atoms with Gasteiger partial charge in [-0.05, 0) is 30.7 Å². The Morgan fingerprint density at radius 1 is 1.67 bits per heavy atom. The number of carbonyl (C=O) groups is 1. The first kappa shape index (κ1) is 13.6. The van der Waals surface area contributed by atoms with Crippen molar-refractivity contribution in [3.63, 3.8) is 0 Å². The summed E-state index contributed by atoms with van der Waals surface area (Å²) in [6, 6.07) is 4.49. The Morgan fingerprint density at radius 2 is 2.50 bits per heavy atom. The lowest BCUT2D eigenvalue weighted by Crippen LogP contribution is -2.38. The molecule has 4 heteroatoms. The molecule has 1 aromatic heterocycles. The summed E-state index contributed by atoms with van der Waals surface area (Å²) in [5, 5.41) is 2.09. The van der Waals surface area contributed by atoms with Gasteiger partial charge in [0, 0.05) is 18.0 Å². The maximum Gasteiger partial charge on any atom is 0.227 e. The zero-order chi connectivity index (χ0) is 13.0. The Labute approximate surface area is 113 Å². The highest BCUT2D eigenvalue weighted by Gasteiger charge is 2.33. The van der Waals surface area contributed by atoms with Crippen LogP contribution in [-0.2, 0) is 4.79 Å². The third kappa shape index (κ3) is 2.75. The Balaban J connectivity index is 2.09. The van der Waals surface area contributed by atoms with Crippen LogP contribution in [0.25, 0.3) is 0 Å². The Kier molecular flexibility index (Phi) is 4.78. The van der Waals surface area contributed by atoms with Crippen molar-refractivity contribution in [1.29, 1.82) is 0 Å². The fraction of sp³-hybridized carbons (Fsp3) is 0.643. The molecule has 100 valence electrons. The van der Waals surface area contributed by atoms with Gasteiger partial charge in [0.05, 0.1) is 12.0 Å². The van der Waals surface area contributed by atoms with Crippen LogP contribution in [0.4, 0.5) is 0 Å². The van der Waals surface area contributed by atoms with Crippen LogP contribution in [-0.4, -0.2) is 23.9 Å². The van der Waals surface area contributed by atoms with E-state index in [1.54, 1.807) is 11.3 Å². The van der Waals surface area contributed by atoms with Gasteiger partial charge >= 0.3 is 0 Å². The molecular weight excluding hydrogens is 244 g/mol. The van der Waals surface area contributed by atoms with Gasteiger partial charge in [-0.2, -0.15) is 0 Å². The van der Waals surface area contributed by atoms with Gasteiger partial charge in [0.2, 0.25) is 5.91 Å². The second-order valence-electron chi connectivity index (χ2n) is 4.93. The molecule has 1 aromatic rings. The van der Waals surface area contributed by atoms with Crippen LogP contribution >= 0.6 is 11.3 Å². The number of nitrogens with two attached hydrogens (primary N) is 1. The molecule has 18 heavy (non-hydrogen) atoms. The molecule has 2 atom stereocenters. The fourth-order valence-corrected chi connectivity index (χ4v) is 3.61. The lowest BCUT2D eigenvalue weighted by molar-refractivity contribution is -0.136. The van der Waals surface area contributed by atoms with Crippen molar-refractivity contribution >= 4 is 17.2 Å². The van der Waals surface area contributed by atoms with E-state index >= 15 is 0 Å². The molecule has 0 spiro atoms. The predicted octanol–water partition coefficient (Wildman–Crippen LogP) is 2.79. The molecule has 0 bridgehead atoms. The van der Waals surface area contributed by atoms with Crippen LogP contribution < -0.4 is 5.73 Å². The van der Waals surface area contributed by atoms with Crippen molar-refractivity contribution in [3.05, 3.63) is 22.4 Å². The third-order valence-electron chi connectivity index (χ3n) is 3.68. The zero-order valence-electron chi connectivity index (χ0n) is 11.0. The van der Waals surface area contributed by atoms with Crippen LogP contribution in [0.1, 0.15) is 43.5 Å². The van der Waals surface area contributed by atoms with Crippen LogP contribution in [0.15, 0.2) is 17.5 Å². The molecule has 3 nitrogen and oxygen atoms in total. The highest BCUT2D eigenvalue weighted by Crippen LogP contribution is 2.35. The van der Waals surface area contributed by atoms with Gasteiger partial charge in [0.25, 0.3) is 0 Å². The van der Waals surface area contributed by atoms with E-state index < -0.39 is 0 Å². The molecule has 1 aliphatic heterocycles. The summed E-state index contributed by atoms with van der Waals surface area (Å²) in [5.74, 6) is 0.269. The number of rotatable bonds is 5. The van der Waals surface area contributed by atoms with Crippen molar-refractivity contribution in [2.24, 2.45) is 11.7 Å². The van der Waals surface area contributed by atoms with Crippen molar-refractivity contribution in [2.45, 2.75) is 38.6 Å². The molecular formula is C14H22N2OS. The summed E-state index contributed by atoms with van der Waals surface area (Å²) in [6.07, 6.45) is 4.13. The molecule has 1 amide bonds. The molecule has 0 saturated carbocycles. The minimum absolute atomic E-state index is 0.00978. The summed E-state index contributed by atoms with van der Waals surface area (Å²) in [7, 11) is 0. The lowest BCUT2D eigenvalue weighted by atomic mass is 10.0. The molecule has 0 aromatic carbocycles. The first-order valence-electron chi connectivity index (χ1n) is 6.81. The summed E-state index contributed by atoms with van der Waals surface area (Å²) in [4.78, 5) is 15.9. The molecule has 1 aliphatic rings. The van der Waals surface area contributed by atoms with E-state index in [1.165, 1.54) is 4.88 Å². The minimum atomic E-state index is 0.00978. The molecule has 0 radical (unpaired) electrons. The quantitative estimate of drug-likeness (QED) is 0.890. The number of nitrogens with zero attached hydrogens (tertiary/aromatic N) is 1. The normalized spacial score (nSPS) is 21.2. The first-order valence-corrected chi connectivity index (χ1v) is 7.69. The number of hydrogen-bond acceptors (Lipinski definition) is 3. The van der Waals surface area contributed by atoms with Gasteiger partial charge in [0.15, 0.2) is 0 Å². The zero-order valence-corrected chi connectivity index (χ0v) is 11.8. The second-order valence-corrected chi connectivity index (χ2v) is 5.91.